The lowest BCUT2D eigenvalue weighted by atomic mass is 9.99. The number of aromatic nitrogens is 4. The predicted molar refractivity (Wildman–Crippen MR) is 111 cm³/mol. The van der Waals surface area contributed by atoms with Crippen molar-refractivity contribution in [3.8, 4) is 11.1 Å². The molecule has 0 spiro atoms. The Morgan fingerprint density at radius 1 is 1.31 bits per heavy atom. The second-order valence-electron chi connectivity index (χ2n) is 7.80. The first-order chi connectivity index (χ1) is 14.1. The van der Waals surface area contributed by atoms with Gasteiger partial charge in [0, 0.05) is 49.4 Å². The quantitative estimate of drug-likeness (QED) is 0.679. The number of ether oxygens (including phenoxy) is 1. The molecule has 2 saturated heterocycles. The Labute approximate surface area is 173 Å². The lowest BCUT2D eigenvalue weighted by Gasteiger charge is -2.42. The molecular formula is C20H24ClFN6O. The van der Waals surface area contributed by atoms with E-state index in [0.29, 0.717) is 30.8 Å². The minimum Gasteiger partial charge on any atom is -0.387 e. The number of hydrogen-bond acceptors (Lipinski definition) is 5. The van der Waals surface area contributed by atoms with Crippen LogP contribution < -0.4 is 5.32 Å². The molecule has 2 atom stereocenters. The summed E-state index contributed by atoms with van der Waals surface area (Å²) in [5.41, 5.74) is 4.39. The normalized spacial score (nSPS) is 23.4. The highest BCUT2D eigenvalue weighted by atomic mass is 35.5. The van der Waals surface area contributed by atoms with Crippen molar-refractivity contribution in [1.29, 1.82) is 0 Å². The number of piperidine rings is 1. The summed E-state index contributed by atoms with van der Waals surface area (Å²) in [6.07, 6.45) is 5.12. The Balaban J connectivity index is 1.47. The number of halogens is 2. The summed E-state index contributed by atoms with van der Waals surface area (Å²) >= 11 is 6.36. The molecule has 3 aromatic rings. The molecule has 5 heterocycles. The monoisotopic (exact) mass is 418 g/mol. The zero-order valence-corrected chi connectivity index (χ0v) is 17.2. The highest BCUT2D eigenvalue weighted by molar-refractivity contribution is 6.36. The lowest BCUT2D eigenvalue weighted by molar-refractivity contribution is -0.0848. The number of H-pyrrole nitrogens is 1. The summed E-state index contributed by atoms with van der Waals surface area (Å²) in [5.74, 6) is 0. The minimum absolute atomic E-state index is 0.258. The Hall–Kier alpha value is -2.16. The minimum atomic E-state index is -0.959. The third-order valence-corrected chi connectivity index (χ3v) is 6.53. The fourth-order valence-electron chi connectivity index (χ4n) is 4.50. The molecule has 9 heteroatoms. The Bertz CT molecular complexity index is 1050. The number of anilines is 1. The van der Waals surface area contributed by atoms with Crippen LogP contribution in [-0.4, -0.2) is 70.2 Å². The summed E-state index contributed by atoms with van der Waals surface area (Å²) in [7, 11) is 1.86. The molecule has 2 aliphatic heterocycles. The van der Waals surface area contributed by atoms with Crippen molar-refractivity contribution in [2.24, 2.45) is 0 Å². The molecule has 2 aliphatic rings. The lowest BCUT2D eigenvalue weighted by Crippen LogP contribution is -2.55. The van der Waals surface area contributed by atoms with Gasteiger partial charge in [-0.2, -0.15) is 5.10 Å². The molecule has 0 radical (unpaired) electrons. The van der Waals surface area contributed by atoms with Crippen molar-refractivity contribution < 1.29 is 9.13 Å². The Morgan fingerprint density at radius 3 is 2.83 bits per heavy atom. The van der Waals surface area contributed by atoms with Crippen molar-refractivity contribution in [3.05, 3.63) is 29.3 Å². The fourth-order valence-corrected chi connectivity index (χ4v) is 4.74. The van der Waals surface area contributed by atoms with E-state index in [0.717, 1.165) is 46.5 Å². The predicted octanol–water partition coefficient (Wildman–Crippen LogP) is 3.41. The number of hydrogen-bond donors (Lipinski definition) is 2. The summed E-state index contributed by atoms with van der Waals surface area (Å²) < 4.78 is 22.2. The molecule has 1 unspecified atom stereocenters. The molecule has 0 bridgehead atoms. The first-order valence-electron chi connectivity index (χ1n) is 9.92. The molecule has 0 aromatic carbocycles. The Morgan fingerprint density at radius 2 is 2.14 bits per heavy atom. The number of nitrogens with zero attached hydrogens (tertiary/aromatic N) is 4. The van der Waals surface area contributed by atoms with Gasteiger partial charge >= 0.3 is 0 Å². The smallest absolute Gasteiger partial charge is 0.140 e. The van der Waals surface area contributed by atoms with Crippen LogP contribution in [0.1, 0.15) is 18.2 Å². The number of pyridine rings is 1. The third-order valence-electron chi connectivity index (χ3n) is 6.23. The van der Waals surface area contributed by atoms with Crippen LogP contribution in [0.25, 0.3) is 22.2 Å². The van der Waals surface area contributed by atoms with Gasteiger partial charge in [0.2, 0.25) is 0 Å². The molecule has 29 heavy (non-hydrogen) atoms. The zero-order chi connectivity index (χ0) is 20.1. The first-order valence-corrected chi connectivity index (χ1v) is 10.3. The maximum Gasteiger partial charge on any atom is 0.140 e. The van der Waals surface area contributed by atoms with E-state index >= 15 is 4.39 Å². The van der Waals surface area contributed by atoms with Crippen LogP contribution in [0.5, 0.6) is 0 Å². The van der Waals surface area contributed by atoms with Gasteiger partial charge in [0.05, 0.1) is 47.6 Å². The van der Waals surface area contributed by atoms with E-state index in [9.17, 15) is 0 Å². The van der Waals surface area contributed by atoms with Gasteiger partial charge in [-0.15, -0.1) is 0 Å². The average molecular weight is 419 g/mol. The van der Waals surface area contributed by atoms with E-state index in [1.165, 1.54) is 0 Å². The maximum absolute atomic E-state index is 15.1. The number of nitrogens with one attached hydrogen (secondary N) is 2. The number of fused-ring (bicyclic) bond motifs is 1. The van der Waals surface area contributed by atoms with Crippen molar-refractivity contribution in [2.75, 3.05) is 38.7 Å². The van der Waals surface area contributed by atoms with Gasteiger partial charge in [-0.3, -0.25) is 9.58 Å². The SMILES string of the molecule is CNc1c(-c2cnn(C3CCN(C4COC4)C[C@@H]3F)c2C)cnc2[nH]cc(Cl)c12. The molecule has 2 fully saturated rings. The van der Waals surface area contributed by atoms with E-state index in [1.807, 2.05) is 24.9 Å². The van der Waals surface area contributed by atoms with E-state index in [-0.39, 0.29) is 6.04 Å². The van der Waals surface area contributed by atoms with Crippen LogP contribution in [0.4, 0.5) is 10.1 Å². The van der Waals surface area contributed by atoms with Gasteiger partial charge in [-0.05, 0) is 13.3 Å². The number of alkyl halides is 1. The van der Waals surface area contributed by atoms with Crippen LogP contribution in [0.15, 0.2) is 18.6 Å². The second-order valence-corrected chi connectivity index (χ2v) is 8.21. The van der Waals surface area contributed by atoms with Gasteiger partial charge in [0.25, 0.3) is 0 Å². The van der Waals surface area contributed by atoms with Crippen molar-refractivity contribution in [2.45, 2.75) is 31.6 Å². The molecular weight excluding hydrogens is 395 g/mol. The van der Waals surface area contributed by atoms with Crippen molar-refractivity contribution in [3.63, 3.8) is 0 Å². The molecule has 2 N–H and O–H groups in total. The summed E-state index contributed by atoms with van der Waals surface area (Å²) in [4.78, 5) is 9.78. The number of rotatable bonds is 4. The first kappa shape index (κ1) is 18.8. The van der Waals surface area contributed by atoms with Crippen LogP contribution in [0, 0.1) is 6.92 Å². The average Bonchev–Trinajstić information content (AvgIpc) is 3.23. The van der Waals surface area contributed by atoms with Crippen LogP contribution >= 0.6 is 11.6 Å². The molecule has 0 aliphatic carbocycles. The molecule has 0 amide bonds. The van der Waals surface area contributed by atoms with Crippen molar-refractivity contribution in [1.82, 2.24) is 24.6 Å². The fraction of sp³-hybridized carbons (Fsp3) is 0.500. The van der Waals surface area contributed by atoms with E-state index in [4.69, 9.17) is 16.3 Å². The number of likely N-dealkylation sites (tertiary alicyclic amines) is 1. The Kier molecular flexibility index (Phi) is 4.72. The van der Waals surface area contributed by atoms with E-state index in [1.54, 1.807) is 12.4 Å². The van der Waals surface area contributed by atoms with Crippen LogP contribution in [0.3, 0.4) is 0 Å². The maximum atomic E-state index is 15.1. The van der Waals surface area contributed by atoms with Crippen LogP contribution in [-0.2, 0) is 4.74 Å². The van der Waals surface area contributed by atoms with Gasteiger partial charge in [0.1, 0.15) is 11.8 Å². The third kappa shape index (κ3) is 3.01. The molecule has 154 valence electrons. The summed E-state index contributed by atoms with van der Waals surface area (Å²) in [5, 5.41) is 9.28. The van der Waals surface area contributed by atoms with Gasteiger partial charge < -0.3 is 15.0 Å². The molecule has 5 rings (SSSR count). The molecule has 7 nitrogen and oxygen atoms in total. The van der Waals surface area contributed by atoms with Gasteiger partial charge in [-0.25, -0.2) is 9.37 Å². The topological polar surface area (TPSA) is 71.0 Å². The molecule has 0 saturated carbocycles. The highest BCUT2D eigenvalue weighted by Crippen LogP contribution is 2.39. The van der Waals surface area contributed by atoms with Gasteiger partial charge in [0.15, 0.2) is 0 Å². The van der Waals surface area contributed by atoms with Gasteiger partial charge in [-0.1, -0.05) is 11.6 Å². The van der Waals surface area contributed by atoms with E-state index in [2.05, 4.69) is 25.3 Å². The molecule has 3 aromatic heterocycles. The van der Waals surface area contributed by atoms with Crippen molar-refractivity contribution >= 4 is 28.3 Å². The second kappa shape index (κ2) is 7.27. The summed E-state index contributed by atoms with van der Waals surface area (Å²) in [6.45, 7) is 4.71. The zero-order valence-electron chi connectivity index (χ0n) is 16.5. The van der Waals surface area contributed by atoms with E-state index < -0.39 is 6.17 Å². The standard InChI is InChI=1S/C20H24ClFN6O/c1-11-13(14-5-24-20-18(19(14)23-2)15(21)7-25-20)6-26-28(11)17-3-4-27(8-16(17)22)12-9-29-10-12/h5-7,12,16-17H,3-4,8-10H2,1-2H3,(H2,23,24,25)/t16-,17?/m0/s1. The van der Waals surface area contributed by atoms with Crippen LogP contribution in [0.2, 0.25) is 5.02 Å². The largest absolute Gasteiger partial charge is 0.387 e. The highest BCUT2D eigenvalue weighted by Gasteiger charge is 2.37. The summed E-state index contributed by atoms with van der Waals surface area (Å²) in [6, 6.07) is 0.108. The number of aromatic amines is 1.